The normalized spacial score (nSPS) is 16.7. The molecule has 0 heterocycles. The summed E-state index contributed by atoms with van der Waals surface area (Å²) in [7, 11) is -5.54. The monoisotopic (exact) mass is 417 g/mol. The van der Waals surface area contributed by atoms with Crippen molar-refractivity contribution in [1.82, 2.24) is 4.72 Å². The van der Waals surface area contributed by atoms with Gasteiger partial charge in [-0.05, 0) is 44.4 Å². The Labute approximate surface area is 161 Å². The van der Waals surface area contributed by atoms with Crippen molar-refractivity contribution in [2.45, 2.75) is 86.2 Å². The number of carbonyl (C=O) groups excluding carboxylic acids is 1. The van der Waals surface area contributed by atoms with Crippen molar-refractivity contribution in [3.05, 3.63) is 0 Å². The van der Waals surface area contributed by atoms with Crippen LogP contribution in [0, 0.1) is 16.2 Å². The molecule has 1 atom stereocenters. The quantitative estimate of drug-likeness (QED) is 0.585. The van der Waals surface area contributed by atoms with Gasteiger partial charge in [0, 0.05) is 0 Å². The van der Waals surface area contributed by atoms with Gasteiger partial charge < -0.3 is 4.74 Å². The van der Waals surface area contributed by atoms with Crippen LogP contribution in [-0.2, 0) is 19.6 Å². The second-order valence-corrected chi connectivity index (χ2v) is 11.5. The van der Waals surface area contributed by atoms with E-state index in [4.69, 9.17) is 4.74 Å². The van der Waals surface area contributed by atoms with Gasteiger partial charge in [-0.2, -0.15) is 17.9 Å². The first-order chi connectivity index (χ1) is 11.6. The van der Waals surface area contributed by atoms with E-state index in [-0.39, 0.29) is 5.41 Å². The van der Waals surface area contributed by atoms with E-state index in [9.17, 15) is 26.4 Å². The Balaban J connectivity index is 5.48. The van der Waals surface area contributed by atoms with Crippen LogP contribution in [0.25, 0.3) is 0 Å². The average molecular weight is 418 g/mol. The van der Waals surface area contributed by atoms with Gasteiger partial charge in [-0.25, -0.2) is 8.42 Å². The van der Waals surface area contributed by atoms with Gasteiger partial charge in [0.05, 0.1) is 11.0 Å². The zero-order valence-electron chi connectivity index (χ0n) is 17.8. The van der Waals surface area contributed by atoms with Crippen LogP contribution in [0.4, 0.5) is 13.2 Å². The molecular formula is C18H34F3NO4S. The van der Waals surface area contributed by atoms with E-state index in [2.05, 4.69) is 0 Å². The number of rotatable bonds is 8. The molecule has 0 aromatic heterocycles. The van der Waals surface area contributed by atoms with Gasteiger partial charge in [-0.15, -0.1) is 0 Å². The van der Waals surface area contributed by atoms with Crippen LogP contribution in [0.1, 0.15) is 75.2 Å². The van der Waals surface area contributed by atoms with Crippen molar-refractivity contribution in [3.63, 3.8) is 0 Å². The number of carbonyl (C=O) groups is 1. The summed E-state index contributed by atoms with van der Waals surface area (Å²) in [5.41, 5.74) is -8.54. The van der Waals surface area contributed by atoms with Gasteiger partial charge in [-0.3, -0.25) is 4.79 Å². The third-order valence-electron chi connectivity index (χ3n) is 4.99. The number of esters is 1. The standard InChI is InChI=1S/C18H34F3NO4S/c1-10-15(5,6)17(9,11-14(2,3)4)13(23)26-12-16(7,8)22-27(24,25)18(19,20)21/h22H,10-12H2,1-9H3. The highest BCUT2D eigenvalue weighted by molar-refractivity contribution is 7.90. The average Bonchev–Trinajstić information content (AvgIpc) is 2.40. The minimum atomic E-state index is -5.54. The minimum Gasteiger partial charge on any atom is -0.463 e. The molecule has 0 aliphatic carbocycles. The lowest BCUT2D eigenvalue weighted by atomic mass is 9.59. The van der Waals surface area contributed by atoms with E-state index in [1.54, 1.807) is 11.6 Å². The Bertz CT molecular complexity index is 634. The van der Waals surface area contributed by atoms with Crippen molar-refractivity contribution >= 4 is 16.0 Å². The van der Waals surface area contributed by atoms with Crippen molar-refractivity contribution < 1.29 is 31.1 Å². The van der Waals surface area contributed by atoms with E-state index in [1.165, 1.54) is 13.8 Å². The molecule has 0 saturated heterocycles. The Morgan fingerprint density at radius 2 is 1.41 bits per heavy atom. The fraction of sp³-hybridized carbons (Fsp3) is 0.944. The van der Waals surface area contributed by atoms with Gasteiger partial charge in [0.1, 0.15) is 6.61 Å². The molecule has 0 amide bonds. The first-order valence-corrected chi connectivity index (χ1v) is 10.4. The summed E-state index contributed by atoms with van der Waals surface area (Å²) in [6, 6.07) is 0. The van der Waals surface area contributed by atoms with E-state index < -0.39 is 44.5 Å². The van der Waals surface area contributed by atoms with Crippen LogP contribution < -0.4 is 4.72 Å². The maximum atomic E-state index is 12.9. The van der Waals surface area contributed by atoms with Gasteiger partial charge in [0.15, 0.2) is 0 Å². The zero-order chi connectivity index (χ0) is 22.1. The van der Waals surface area contributed by atoms with E-state index in [0.717, 1.165) is 0 Å². The van der Waals surface area contributed by atoms with Crippen molar-refractivity contribution in [3.8, 4) is 0 Å². The molecule has 0 radical (unpaired) electrons. The summed E-state index contributed by atoms with van der Waals surface area (Å²) in [6.07, 6.45) is 1.20. The number of nitrogens with one attached hydrogen (secondary N) is 1. The lowest BCUT2D eigenvalue weighted by molar-refractivity contribution is -0.167. The molecule has 0 aliphatic heterocycles. The predicted molar refractivity (Wildman–Crippen MR) is 99.4 cm³/mol. The van der Waals surface area contributed by atoms with Crippen LogP contribution in [0.3, 0.4) is 0 Å². The fourth-order valence-corrected chi connectivity index (χ4v) is 3.80. The molecule has 0 aromatic carbocycles. The molecule has 0 aliphatic rings. The molecule has 1 N–H and O–H groups in total. The molecular weight excluding hydrogens is 383 g/mol. The zero-order valence-corrected chi connectivity index (χ0v) is 18.6. The third kappa shape index (κ3) is 6.93. The SMILES string of the molecule is CCC(C)(C)C(C)(CC(C)(C)C)C(=O)OCC(C)(C)NS(=O)(=O)C(F)(F)F. The molecule has 0 rings (SSSR count). The van der Waals surface area contributed by atoms with Crippen molar-refractivity contribution in [2.24, 2.45) is 16.2 Å². The van der Waals surface area contributed by atoms with Gasteiger partial charge >= 0.3 is 21.5 Å². The van der Waals surface area contributed by atoms with Crippen LogP contribution in [-0.4, -0.2) is 32.0 Å². The first kappa shape index (κ1) is 26.2. The molecule has 5 nitrogen and oxygen atoms in total. The van der Waals surface area contributed by atoms with Gasteiger partial charge in [0.2, 0.25) is 0 Å². The summed E-state index contributed by atoms with van der Waals surface area (Å²) in [4.78, 5) is 12.9. The Kier molecular flexibility index (Phi) is 7.65. The van der Waals surface area contributed by atoms with Gasteiger partial charge in [0.25, 0.3) is 0 Å². The van der Waals surface area contributed by atoms with Gasteiger partial charge in [-0.1, -0.05) is 41.5 Å². The molecule has 0 spiro atoms. The van der Waals surface area contributed by atoms with E-state index in [0.29, 0.717) is 12.8 Å². The predicted octanol–water partition coefficient (Wildman–Crippen LogP) is 4.63. The maximum Gasteiger partial charge on any atom is 0.511 e. The molecule has 0 saturated carbocycles. The highest BCUT2D eigenvalue weighted by atomic mass is 32.2. The Morgan fingerprint density at radius 1 is 0.963 bits per heavy atom. The van der Waals surface area contributed by atoms with Crippen LogP contribution in [0.15, 0.2) is 0 Å². The highest BCUT2D eigenvalue weighted by Gasteiger charge is 2.51. The topological polar surface area (TPSA) is 72.5 Å². The number of alkyl halides is 3. The Hall–Kier alpha value is -0.830. The number of halogens is 3. The lowest BCUT2D eigenvalue weighted by Crippen LogP contribution is -2.53. The largest absolute Gasteiger partial charge is 0.511 e. The molecule has 162 valence electrons. The summed E-state index contributed by atoms with van der Waals surface area (Å²) in [5, 5.41) is 0. The molecule has 1 unspecified atom stereocenters. The lowest BCUT2D eigenvalue weighted by Gasteiger charge is -2.45. The minimum absolute atomic E-state index is 0.187. The second kappa shape index (κ2) is 7.89. The van der Waals surface area contributed by atoms with E-state index >= 15 is 0 Å². The molecule has 27 heavy (non-hydrogen) atoms. The van der Waals surface area contributed by atoms with E-state index in [1.807, 2.05) is 41.5 Å². The smallest absolute Gasteiger partial charge is 0.463 e. The summed E-state index contributed by atoms with van der Waals surface area (Å²) in [5.74, 6) is -0.552. The number of sulfonamides is 1. The summed E-state index contributed by atoms with van der Waals surface area (Å²) >= 11 is 0. The summed E-state index contributed by atoms with van der Waals surface area (Å²) in [6.45, 7) is 15.6. The third-order valence-corrected chi connectivity index (χ3v) is 6.42. The maximum absolute atomic E-state index is 12.9. The van der Waals surface area contributed by atoms with Crippen molar-refractivity contribution in [2.75, 3.05) is 6.61 Å². The molecule has 0 bridgehead atoms. The Morgan fingerprint density at radius 3 is 1.74 bits per heavy atom. The molecule has 0 fully saturated rings. The van der Waals surface area contributed by atoms with Crippen LogP contribution in [0.5, 0.6) is 0 Å². The number of hydrogen-bond donors (Lipinski definition) is 1. The van der Waals surface area contributed by atoms with Crippen molar-refractivity contribution in [1.29, 1.82) is 0 Å². The highest BCUT2D eigenvalue weighted by Crippen LogP contribution is 2.49. The second-order valence-electron chi connectivity index (χ2n) is 9.82. The summed E-state index contributed by atoms with van der Waals surface area (Å²) < 4.78 is 67.3. The molecule has 9 heteroatoms. The fourth-order valence-electron chi connectivity index (χ4n) is 2.89. The number of hydrogen-bond acceptors (Lipinski definition) is 4. The van der Waals surface area contributed by atoms with Crippen LogP contribution in [0.2, 0.25) is 0 Å². The number of ether oxygens (including phenoxy) is 1. The van der Waals surface area contributed by atoms with Crippen LogP contribution >= 0.6 is 0 Å². The first-order valence-electron chi connectivity index (χ1n) is 8.88. The molecule has 0 aromatic rings.